The first-order chi connectivity index (χ1) is 10.5. The zero-order valence-electron chi connectivity index (χ0n) is 14.5. The molecular weight excluding hydrogens is 272 g/mol. The number of piperidine rings is 1. The predicted octanol–water partition coefficient (Wildman–Crippen LogP) is 4.29. The standard InChI is InChI=1S/C19H30N2O/c1-5-6-13-21-16(4)11-8-12-17(21)19(22)20-18-14(2)9-7-10-15(18)3/h7,9-10,16-17H,5-6,8,11-13H2,1-4H3,(H,20,22)/t16-,17-/m0/s1. The Morgan fingerprint density at radius 1 is 1.27 bits per heavy atom. The second kappa shape index (κ2) is 7.77. The second-order valence-corrected chi connectivity index (χ2v) is 6.64. The third-order valence-electron chi connectivity index (χ3n) is 4.87. The SMILES string of the molecule is CCCCN1[C@@H](C)CCC[C@H]1C(=O)Nc1c(C)cccc1C. The van der Waals surface area contributed by atoms with E-state index >= 15 is 0 Å². The molecular formula is C19H30N2O. The molecule has 1 aromatic carbocycles. The molecule has 22 heavy (non-hydrogen) atoms. The van der Waals surface area contributed by atoms with Crippen molar-refractivity contribution in [3.05, 3.63) is 29.3 Å². The quantitative estimate of drug-likeness (QED) is 0.880. The number of rotatable bonds is 5. The van der Waals surface area contributed by atoms with Crippen LogP contribution in [0.5, 0.6) is 0 Å². The van der Waals surface area contributed by atoms with Crippen LogP contribution in [0.2, 0.25) is 0 Å². The lowest BCUT2D eigenvalue weighted by molar-refractivity contribution is -0.123. The summed E-state index contributed by atoms with van der Waals surface area (Å²) in [5.41, 5.74) is 3.26. The summed E-state index contributed by atoms with van der Waals surface area (Å²) in [6.45, 7) is 9.61. The fraction of sp³-hybridized carbons (Fsp3) is 0.632. The summed E-state index contributed by atoms with van der Waals surface area (Å²) in [6.07, 6.45) is 5.67. The van der Waals surface area contributed by atoms with Gasteiger partial charge in [0.05, 0.1) is 6.04 Å². The van der Waals surface area contributed by atoms with E-state index < -0.39 is 0 Å². The Labute approximate surface area is 135 Å². The van der Waals surface area contributed by atoms with Gasteiger partial charge in [-0.1, -0.05) is 31.5 Å². The molecule has 3 nitrogen and oxygen atoms in total. The Kier molecular flexibility index (Phi) is 6.01. The number of likely N-dealkylation sites (tertiary alicyclic amines) is 1. The molecule has 0 unspecified atom stereocenters. The summed E-state index contributed by atoms with van der Waals surface area (Å²) in [7, 11) is 0. The van der Waals surface area contributed by atoms with Gasteiger partial charge in [-0.2, -0.15) is 0 Å². The second-order valence-electron chi connectivity index (χ2n) is 6.64. The van der Waals surface area contributed by atoms with Gasteiger partial charge < -0.3 is 5.32 Å². The molecule has 1 saturated heterocycles. The summed E-state index contributed by atoms with van der Waals surface area (Å²) in [5, 5.41) is 3.19. The van der Waals surface area contributed by atoms with Crippen LogP contribution >= 0.6 is 0 Å². The number of anilines is 1. The highest BCUT2D eigenvalue weighted by molar-refractivity contribution is 5.96. The molecule has 1 aromatic rings. The van der Waals surface area contributed by atoms with Crippen LogP contribution in [0, 0.1) is 13.8 Å². The van der Waals surface area contributed by atoms with Crippen LogP contribution in [0.1, 0.15) is 57.1 Å². The van der Waals surface area contributed by atoms with Gasteiger partial charge in [0.25, 0.3) is 0 Å². The highest BCUT2D eigenvalue weighted by atomic mass is 16.2. The lowest BCUT2D eigenvalue weighted by Gasteiger charge is -2.39. The smallest absolute Gasteiger partial charge is 0.241 e. The lowest BCUT2D eigenvalue weighted by atomic mass is 9.95. The van der Waals surface area contributed by atoms with Crippen molar-refractivity contribution < 1.29 is 4.79 Å². The highest BCUT2D eigenvalue weighted by Gasteiger charge is 2.32. The molecule has 2 rings (SSSR count). The molecule has 3 heteroatoms. The maximum Gasteiger partial charge on any atom is 0.241 e. The van der Waals surface area contributed by atoms with Crippen molar-refractivity contribution in [1.29, 1.82) is 0 Å². The van der Waals surface area contributed by atoms with Crippen LogP contribution in [0.3, 0.4) is 0 Å². The van der Waals surface area contributed by atoms with E-state index in [0.717, 1.165) is 42.6 Å². The first kappa shape index (κ1) is 17.0. The minimum atomic E-state index is 0.0225. The Morgan fingerprint density at radius 3 is 2.59 bits per heavy atom. The van der Waals surface area contributed by atoms with Gasteiger partial charge in [0.15, 0.2) is 0 Å². The average molecular weight is 302 g/mol. The van der Waals surface area contributed by atoms with Crippen molar-refractivity contribution in [2.24, 2.45) is 0 Å². The first-order valence-corrected chi connectivity index (χ1v) is 8.67. The van der Waals surface area contributed by atoms with Gasteiger partial charge >= 0.3 is 0 Å². The zero-order valence-corrected chi connectivity index (χ0v) is 14.5. The van der Waals surface area contributed by atoms with E-state index in [0.29, 0.717) is 6.04 Å². The molecule has 2 atom stereocenters. The Balaban J connectivity index is 2.12. The number of nitrogens with zero attached hydrogens (tertiary/aromatic N) is 1. The molecule has 0 spiro atoms. The van der Waals surface area contributed by atoms with Crippen molar-refractivity contribution in [1.82, 2.24) is 4.90 Å². The maximum absolute atomic E-state index is 12.8. The number of aryl methyl sites for hydroxylation is 2. The molecule has 0 aromatic heterocycles. The van der Waals surface area contributed by atoms with Gasteiger partial charge in [-0.15, -0.1) is 0 Å². The van der Waals surface area contributed by atoms with Crippen LogP contribution in [-0.2, 0) is 4.79 Å². The van der Waals surface area contributed by atoms with Crippen LogP contribution in [0.25, 0.3) is 0 Å². The third kappa shape index (κ3) is 3.89. The molecule has 1 aliphatic heterocycles. The number of nitrogens with one attached hydrogen (secondary N) is 1. The van der Waals surface area contributed by atoms with Crippen molar-refractivity contribution in [2.45, 2.75) is 71.9 Å². The molecule has 1 N–H and O–H groups in total. The molecule has 0 aliphatic carbocycles. The molecule has 1 heterocycles. The minimum Gasteiger partial charge on any atom is -0.324 e. The monoisotopic (exact) mass is 302 g/mol. The Morgan fingerprint density at radius 2 is 1.95 bits per heavy atom. The van der Waals surface area contributed by atoms with Gasteiger partial charge in [-0.05, 0) is 64.1 Å². The van der Waals surface area contributed by atoms with Crippen molar-refractivity contribution in [3.8, 4) is 0 Å². The van der Waals surface area contributed by atoms with E-state index in [1.54, 1.807) is 0 Å². The average Bonchev–Trinajstić information content (AvgIpc) is 2.49. The molecule has 0 bridgehead atoms. The number of hydrogen-bond acceptors (Lipinski definition) is 2. The normalized spacial score (nSPS) is 22.5. The lowest BCUT2D eigenvalue weighted by Crippen LogP contribution is -2.51. The fourth-order valence-corrected chi connectivity index (χ4v) is 3.46. The van der Waals surface area contributed by atoms with Crippen molar-refractivity contribution in [2.75, 3.05) is 11.9 Å². The number of carbonyl (C=O) groups is 1. The van der Waals surface area contributed by atoms with Crippen molar-refractivity contribution >= 4 is 11.6 Å². The largest absolute Gasteiger partial charge is 0.324 e. The molecule has 1 fully saturated rings. The number of unbranched alkanes of at least 4 members (excludes halogenated alkanes) is 1. The van der Waals surface area contributed by atoms with E-state index in [4.69, 9.17) is 0 Å². The van der Waals surface area contributed by atoms with Gasteiger partial charge in [-0.3, -0.25) is 9.69 Å². The number of carbonyl (C=O) groups excluding carboxylic acids is 1. The first-order valence-electron chi connectivity index (χ1n) is 8.67. The van der Waals surface area contributed by atoms with E-state index in [2.05, 4.69) is 50.0 Å². The van der Waals surface area contributed by atoms with Gasteiger partial charge in [0.1, 0.15) is 0 Å². The van der Waals surface area contributed by atoms with Crippen molar-refractivity contribution in [3.63, 3.8) is 0 Å². The van der Waals surface area contributed by atoms with E-state index in [1.807, 2.05) is 6.07 Å². The fourth-order valence-electron chi connectivity index (χ4n) is 3.46. The van der Waals surface area contributed by atoms with Gasteiger partial charge in [0.2, 0.25) is 5.91 Å². The van der Waals surface area contributed by atoms with E-state index in [1.165, 1.54) is 12.8 Å². The summed E-state index contributed by atoms with van der Waals surface area (Å²) in [5.74, 6) is 0.167. The number of para-hydroxylation sites is 1. The molecule has 0 radical (unpaired) electrons. The third-order valence-corrected chi connectivity index (χ3v) is 4.87. The van der Waals surface area contributed by atoms with Gasteiger partial charge in [0, 0.05) is 11.7 Å². The molecule has 1 amide bonds. The molecule has 0 saturated carbocycles. The van der Waals surface area contributed by atoms with Crippen LogP contribution in [0.15, 0.2) is 18.2 Å². The summed E-state index contributed by atoms with van der Waals surface area (Å²) in [6, 6.07) is 6.68. The highest BCUT2D eigenvalue weighted by Crippen LogP contribution is 2.26. The summed E-state index contributed by atoms with van der Waals surface area (Å²) < 4.78 is 0. The van der Waals surface area contributed by atoms with E-state index in [9.17, 15) is 4.79 Å². The number of hydrogen-bond donors (Lipinski definition) is 1. The number of amides is 1. The van der Waals surface area contributed by atoms with Crippen LogP contribution in [0.4, 0.5) is 5.69 Å². The number of benzene rings is 1. The van der Waals surface area contributed by atoms with Crippen LogP contribution in [-0.4, -0.2) is 29.4 Å². The van der Waals surface area contributed by atoms with E-state index in [-0.39, 0.29) is 11.9 Å². The topological polar surface area (TPSA) is 32.3 Å². The Hall–Kier alpha value is -1.35. The Bertz CT molecular complexity index is 492. The zero-order chi connectivity index (χ0) is 16.1. The maximum atomic E-state index is 12.8. The summed E-state index contributed by atoms with van der Waals surface area (Å²) in [4.78, 5) is 15.3. The minimum absolute atomic E-state index is 0.0225. The van der Waals surface area contributed by atoms with Crippen LogP contribution < -0.4 is 5.32 Å². The predicted molar refractivity (Wildman–Crippen MR) is 93.3 cm³/mol. The molecule has 122 valence electrons. The molecule has 1 aliphatic rings. The van der Waals surface area contributed by atoms with Gasteiger partial charge in [-0.25, -0.2) is 0 Å². The summed E-state index contributed by atoms with van der Waals surface area (Å²) >= 11 is 0.